The van der Waals surface area contributed by atoms with Crippen molar-refractivity contribution in [3.8, 4) is 0 Å². The summed E-state index contributed by atoms with van der Waals surface area (Å²) in [5, 5.41) is 12.9. The number of hydrogen-bond acceptors (Lipinski definition) is 3. The molecule has 0 aromatic carbocycles. The number of carbonyl (C=O) groups excluding carboxylic acids is 1. The lowest BCUT2D eigenvalue weighted by Gasteiger charge is -2.29. The average Bonchev–Trinajstić information content (AvgIpc) is 2.33. The maximum atomic E-state index is 12.1. The summed E-state index contributed by atoms with van der Waals surface area (Å²) in [5.41, 5.74) is 5.81. The van der Waals surface area contributed by atoms with Crippen molar-refractivity contribution in [2.45, 2.75) is 59.0 Å². The second-order valence-electron chi connectivity index (χ2n) is 7.05. The first-order valence-corrected chi connectivity index (χ1v) is 7.49. The zero-order chi connectivity index (χ0) is 14.5. The van der Waals surface area contributed by atoms with Crippen LogP contribution in [0.15, 0.2) is 0 Å². The molecular formula is C15H30N2O2. The molecular weight excluding hydrogens is 240 g/mol. The molecule has 0 saturated heterocycles. The third-order valence-electron chi connectivity index (χ3n) is 3.92. The van der Waals surface area contributed by atoms with Gasteiger partial charge in [-0.15, -0.1) is 0 Å². The maximum absolute atomic E-state index is 12.1. The predicted molar refractivity (Wildman–Crippen MR) is 77.6 cm³/mol. The highest BCUT2D eigenvalue weighted by atomic mass is 16.3. The highest BCUT2D eigenvalue weighted by molar-refractivity contribution is 5.78. The Morgan fingerprint density at radius 1 is 1.37 bits per heavy atom. The fourth-order valence-electron chi connectivity index (χ4n) is 2.82. The smallest absolute Gasteiger partial charge is 0.224 e. The Balaban J connectivity index is 2.40. The Kier molecular flexibility index (Phi) is 6.27. The summed E-state index contributed by atoms with van der Waals surface area (Å²) in [5.74, 6) is 0.127. The summed E-state index contributed by atoms with van der Waals surface area (Å²) in [7, 11) is 0. The van der Waals surface area contributed by atoms with Crippen molar-refractivity contribution >= 4 is 5.91 Å². The van der Waals surface area contributed by atoms with Crippen molar-refractivity contribution in [2.24, 2.45) is 23.0 Å². The molecule has 0 spiro atoms. The van der Waals surface area contributed by atoms with Gasteiger partial charge in [-0.25, -0.2) is 0 Å². The standard InChI is InChI=1S/C15H30N2O2/c1-15(2,3)8-12(9-16)14(19)17-10-11-6-4-5-7-13(11)18/h11-13,18H,4-10,16H2,1-3H3,(H,17,19). The number of aliphatic hydroxyl groups is 1. The van der Waals surface area contributed by atoms with Crippen LogP contribution in [0.1, 0.15) is 52.9 Å². The molecule has 0 radical (unpaired) electrons. The lowest BCUT2D eigenvalue weighted by atomic mass is 9.83. The van der Waals surface area contributed by atoms with Crippen LogP contribution in [0.5, 0.6) is 0 Å². The molecule has 3 atom stereocenters. The van der Waals surface area contributed by atoms with Crippen LogP contribution in [0, 0.1) is 17.3 Å². The number of amides is 1. The van der Waals surface area contributed by atoms with E-state index in [4.69, 9.17) is 5.73 Å². The first-order chi connectivity index (χ1) is 8.83. The molecule has 0 aromatic heterocycles. The van der Waals surface area contributed by atoms with E-state index in [2.05, 4.69) is 26.1 Å². The van der Waals surface area contributed by atoms with Gasteiger partial charge in [0.1, 0.15) is 0 Å². The third kappa shape index (κ3) is 5.91. The van der Waals surface area contributed by atoms with Crippen LogP contribution < -0.4 is 11.1 Å². The van der Waals surface area contributed by atoms with Crippen molar-refractivity contribution < 1.29 is 9.90 Å². The Morgan fingerprint density at radius 3 is 2.53 bits per heavy atom. The molecule has 4 N–H and O–H groups in total. The topological polar surface area (TPSA) is 75.4 Å². The summed E-state index contributed by atoms with van der Waals surface area (Å²) in [6.07, 6.45) is 4.66. The number of carbonyl (C=O) groups is 1. The Morgan fingerprint density at radius 2 is 2.00 bits per heavy atom. The molecule has 1 aliphatic rings. The Bertz CT molecular complexity index is 286. The van der Waals surface area contributed by atoms with Gasteiger partial charge in [0.2, 0.25) is 5.91 Å². The van der Waals surface area contributed by atoms with E-state index < -0.39 is 0 Å². The number of nitrogens with two attached hydrogens (primary N) is 1. The maximum Gasteiger partial charge on any atom is 0.224 e. The highest BCUT2D eigenvalue weighted by Crippen LogP contribution is 2.25. The van der Waals surface area contributed by atoms with Crippen molar-refractivity contribution in [3.05, 3.63) is 0 Å². The van der Waals surface area contributed by atoms with Crippen molar-refractivity contribution in [1.29, 1.82) is 0 Å². The molecule has 0 heterocycles. The molecule has 112 valence electrons. The van der Waals surface area contributed by atoms with E-state index in [0.29, 0.717) is 13.1 Å². The third-order valence-corrected chi connectivity index (χ3v) is 3.92. The van der Waals surface area contributed by atoms with Gasteiger partial charge in [0.15, 0.2) is 0 Å². The van der Waals surface area contributed by atoms with Crippen molar-refractivity contribution in [1.82, 2.24) is 5.32 Å². The summed E-state index contributed by atoms with van der Waals surface area (Å²) in [6.45, 7) is 7.33. The zero-order valence-corrected chi connectivity index (χ0v) is 12.6. The van der Waals surface area contributed by atoms with Crippen LogP contribution >= 0.6 is 0 Å². The van der Waals surface area contributed by atoms with E-state index in [1.807, 2.05) is 0 Å². The molecule has 4 nitrogen and oxygen atoms in total. The first-order valence-electron chi connectivity index (χ1n) is 7.49. The highest BCUT2D eigenvalue weighted by Gasteiger charge is 2.26. The Hall–Kier alpha value is -0.610. The number of rotatable bonds is 5. The van der Waals surface area contributed by atoms with Gasteiger partial charge in [-0.1, -0.05) is 33.6 Å². The lowest BCUT2D eigenvalue weighted by Crippen LogP contribution is -2.42. The van der Waals surface area contributed by atoms with Gasteiger partial charge in [0.05, 0.1) is 12.0 Å². The minimum Gasteiger partial charge on any atom is -0.393 e. The van der Waals surface area contributed by atoms with Crippen LogP contribution in [0.25, 0.3) is 0 Å². The van der Waals surface area contributed by atoms with E-state index in [0.717, 1.165) is 32.1 Å². The van der Waals surface area contributed by atoms with Crippen LogP contribution in [0.4, 0.5) is 0 Å². The normalized spacial score (nSPS) is 25.9. The second-order valence-corrected chi connectivity index (χ2v) is 7.05. The van der Waals surface area contributed by atoms with E-state index in [1.54, 1.807) is 0 Å². The molecule has 0 aliphatic heterocycles. The summed E-state index contributed by atoms with van der Waals surface area (Å²) >= 11 is 0. The summed E-state index contributed by atoms with van der Waals surface area (Å²) in [4.78, 5) is 12.1. The van der Waals surface area contributed by atoms with E-state index in [9.17, 15) is 9.90 Å². The molecule has 1 amide bonds. The Labute approximate surface area is 117 Å². The van der Waals surface area contributed by atoms with Gasteiger partial charge in [-0.05, 0) is 24.7 Å². The molecule has 1 rings (SSSR count). The van der Waals surface area contributed by atoms with Gasteiger partial charge in [-0.2, -0.15) is 0 Å². The van der Waals surface area contributed by atoms with Crippen molar-refractivity contribution in [2.75, 3.05) is 13.1 Å². The average molecular weight is 270 g/mol. The number of hydrogen-bond donors (Lipinski definition) is 3. The molecule has 3 unspecified atom stereocenters. The first kappa shape index (κ1) is 16.4. The van der Waals surface area contributed by atoms with Crippen LogP contribution in [-0.4, -0.2) is 30.2 Å². The summed E-state index contributed by atoms with van der Waals surface area (Å²) < 4.78 is 0. The second kappa shape index (κ2) is 7.25. The molecule has 19 heavy (non-hydrogen) atoms. The molecule has 1 aliphatic carbocycles. The molecule has 1 fully saturated rings. The lowest BCUT2D eigenvalue weighted by molar-refractivity contribution is -0.126. The van der Waals surface area contributed by atoms with Gasteiger partial charge in [0, 0.05) is 19.0 Å². The molecule has 4 heteroatoms. The van der Waals surface area contributed by atoms with Crippen LogP contribution in [0.2, 0.25) is 0 Å². The van der Waals surface area contributed by atoms with Gasteiger partial charge in [0.25, 0.3) is 0 Å². The predicted octanol–water partition coefficient (Wildman–Crippen LogP) is 1.66. The largest absolute Gasteiger partial charge is 0.393 e. The van der Waals surface area contributed by atoms with Crippen LogP contribution in [0.3, 0.4) is 0 Å². The zero-order valence-electron chi connectivity index (χ0n) is 12.6. The van der Waals surface area contributed by atoms with Gasteiger partial charge < -0.3 is 16.2 Å². The number of nitrogens with one attached hydrogen (secondary N) is 1. The fourth-order valence-corrected chi connectivity index (χ4v) is 2.82. The molecule has 0 aromatic rings. The monoisotopic (exact) mass is 270 g/mol. The minimum absolute atomic E-state index is 0.0372. The molecule has 1 saturated carbocycles. The van der Waals surface area contributed by atoms with Gasteiger partial charge >= 0.3 is 0 Å². The number of aliphatic hydroxyl groups excluding tert-OH is 1. The van der Waals surface area contributed by atoms with Gasteiger partial charge in [-0.3, -0.25) is 4.79 Å². The molecule has 0 bridgehead atoms. The van der Waals surface area contributed by atoms with Crippen LogP contribution in [-0.2, 0) is 4.79 Å². The SMILES string of the molecule is CC(C)(C)CC(CN)C(=O)NCC1CCCCC1O. The fraction of sp³-hybridized carbons (Fsp3) is 0.933. The van der Waals surface area contributed by atoms with E-state index in [1.165, 1.54) is 0 Å². The van der Waals surface area contributed by atoms with E-state index in [-0.39, 0.29) is 29.3 Å². The minimum atomic E-state index is -0.256. The summed E-state index contributed by atoms with van der Waals surface area (Å²) in [6, 6.07) is 0. The van der Waals surface area contributed by atoms with E-state index >= 15 is 0 Å². The van der Waals surface area contributed by atoms with Crippen molar-refractivity contribution in [3.63, 3.8) is 0 Å². The quantitative estimate of drug-likeness (QED) is 0.711.